The molecule has 2 aliphatic rings. The molecule has 1 amide bonds. The number of hydrogen-bond acceptors (Lipinski definition) is 3. The fourth-order valence-electron chi connectivity index (χ4n) is 5.27. The topological polar surface area (TPSA) is 35.6 Å². The summed E-state index contributed by atoms with van der Waals surface area (Å²) in [4.78, 5) is 17.7. The minimum Gasteiger partial charge on any atom is -0.365 e. The van der Waals surface area contributed by atoms with Crippen molar-refractivity contribution in [3.63, 3.8) is 0 Å². The molecule has 1 N–H and O–H groups in total. The van der Waals surface area contributed by atoms with Crippen LogP contribution in [0.25, 0.3) is 0 Å². The lowest BCUT2D eigenvalue weighted by atomic mass is 9.82. The van der Waals surface area contributed by atoms with Crippen molar-refractivity contribution in [3.8, 4) is 0 Å². The van der Waals surface area contributed by atoms with E-state index in [1.54, 1.807) is 18.2 Å². The lowest BCUT2D eigenvalue weighted by molar-refractivity contribution is -0.137. The number of fused-ring (bicyclic) bond motifs is 3. The Bertz CT molecular complexity index is 1210. The highest BCUT2D eigenvalue weighted by molar-refractivity contribution is 5.82. The monoisotopic (exact) mass is 497 g/mol. The first-order valence-electron chi connectivity index (χ1n) is 12.0. The van der Waals surface area contributed by atoms with E-state index >= 15 is 0 Å². The number of carbonyl (C=O) groups excluding carboxylic acids is 1. The number of hydrogen-bond donors (Lipinski definition) is 1. The quantitative estimate of drug-likeness (QED) is 0.503. The van der Waals surface area contributed by atoms with Gasteiger partial charge in [-0.15, -0.1) is 0 Å². The van der Waals surface area contributed by atoms with Gasteiger partial charge < -0.3 is 10.2 Å². The summed E-state index contributed by atoms with van der Waals surface area (Å²) in [6.07, 6.45) is -4.20. The molecule has 0 spiro atoms. The fraction of sp³-hybridized carbons (Fsp3) is 0.321. The van der Waals surface area contributed by atoms with E-state index in [0.29, 0.717) is 38.3 Å². The van der Waals surface area contributed by atoms with Crippen molar-refractivity contribution in [2.75, 3.05) is 24.5 Å². The first-order valence-corrected chi connectivity index (χ1v) is 12.0. The Morgan fingerprint density at radius 3 is 2.42 bits per heavy atom. The molecule has 0 radical (unpaired) electrons. The maximum atomic E-state index is 13.4. The molecule has 5 rings (SSSR count). The summed E-state index contributed by atoms with van der Waals surface area (Å²) < 4.78 is 53.6. The highest BCUT2D eigenvalue weighted by Gasteiger charge is 2.42. The predicted molar refractivity (Wildman–Crippen MR) is 130 cm³/mol. The molecule has 36 heavy (non-hydrogen) atoms. The van der Waals surface area contributed by atoms with E-state index < -0.39 is 17.7 Å². The van der Waals surface area contributed by atoms with Crippen molar-refractivity contribution in [2.24, 2.45) is 5.92 Å². The Hall–Kier alpha value is -3.39. The Kier molecular flexibility index (Phi) is 6.71. The Morgan fingerprint density at radius 2 is 1.69 bits per heavy atom. The number of piperazine rings is 1. The van der Waals surface area contributed by atoms with E-state index in [4.69, 9.17) is 0 Å². The maximum Gasteiger partial charge on any atom is 0.416 e. The molecule has 4 nitrogen and oxygen atoms in total. The zero-order valence-corrected chi connectivity index (χ0v) is 19.6. The number of amides is 1. The van der Waals surface area contributed by atoms with Gasteiger partial charge in [0.05, 0.1) is 17.5 Å². The van der Waals surface area contributed by atoms with E-state index in [2.05, 4.69) is 15.1 Å². The zero-order valence-electron chi connectivity index (χ0n) is 19.6. The number of carbonyl (C=O) groups is 1. The molecular formula is C28H27F4N3O. The van der Waals surface area contributed by atoms with Gasteiger partial charge in [0.2, 0.25) is 5.91 Å². The summed E-state index contributed by atoms with van der Waals surface area (Å²) in [5.74, 6) is -0.956. The van der Waals surface area contributed by atoms with Crippen molar-refractivity contribution < 1.29 is 22.4 Å². The predicted octanol–water partition coefficient (Wildman–Crippen LogP) is 5.02. The average molecular weight is 498 g/mol. The van der Waals surface area contributed by atoms with E-state index in [-0.39, 0.29) is 24.2 Å². The van der Waals surface area contributed by atoms with Gasteiger partial charge in [-0.05, 0) is 53.4 Å². The van der Waals surface area contributed by atoms with Crippen LogP contribution in [-0.2, 0) is 30.5 Å². The van der Waals surface area contributed by atoms with E-state index in [1.807, 2.05) is 30.3 Å². The lowest BCUT2D eigenvalue weighted by Gasteiger charge is -2.49. The van der Waals surface area contributed by atoms with Gasteiger partial charge >= 0.3 is 6.18 Å². The first-order chi connectivity index (χ1) is 17.3. The van der Waals surface area contributed by atoms with Crippen molar-refractivity contribution in [3.05, 3.63) is 101 Å². The van der Waals surface area contributed by atoms with Crippen LogP contribution in [0, 0.1) is 11.7 Å². The first kappa shape index (κ1) is 24.3. The molecule has 188 valence electrons. The lowest BCUT2D eigenvalue weighted by Crippen LogP contribution is -2.60. The summed E-state index contributed by atoms with van der Waals surface area (Å²) in [6.45, 7) is 2.83. The maximum absolute atomic E-state index is 13.4. The summed E-state index contributed by atoms with van der Waals surface area (Å²) in [5, 5.41) is 3.00. The molecule has 3 aromatic rings. The van der Waals surface area contributed by atoms with E-state index in [0.717, 1.165) is 22.9 Å². The van der Waals surface area contributed by atoms with Gasteiger partial charge in [0.15, 0.2) is 0 Å². The highest BCUT2D eigenvalue weighted by atomic mass is 19.4. The van der Waals surface area contributed by atoms with Crippen LogP contribution in [0.15, 0.2) is 72.8 Å². The molecule has 0 saturated carbocycles. The largest absolute Gasteiger partial charge is 0.416 e. The van der Waals surface area contributed by atoms with E-state index in [1.165, 1.54) is 18.2 Å². The zero-order chi connectivity index (χ0) is 25.3. The molecule has 2 aliphatic heterocycles. The van der Waals surface area contributed by atoms with Gasteiger partial charge in [-0.3, -0.25) is 9.69 Å². The van der Waals surface area contributed by atoms with Gasteiger partial charge in [-0.25, -0.2) is 4.39 Å². The van der Waals surface area contributed by atoms with Crippen LogP contribution >= 0.6 is 0 Å². The number of halogens is 4. The number of nitrogens with zero attached hydrogens (tertiary/aromatic N) is 2. The van der Waals surface area contributed by atoms with Gasteiger partial charge in [0, 0.05) is 38.4 Å². The van der Waals surface area contributed by atoms with Crippen molar-refractivity contribution in [2.45, 2.75) is 31.7 Å². The summed E-state index contributed by atoms with van der Waals surface area (Å²) in [7, 11) is 0. The van der Waals surface area contributed by atoms with Crippen molar-refractivity contribution >= 4 is 11.6 Å². The van der Waals surface area contributed by atoms with Gasteiger partial charge in [0.25, 0.3) is 0 Å². The summed E-state index contributed by atoms with van der Waals surface area (Å²) in [6, 6.07) is 19.6. The van der Waals surface area contributed by atoms with Crippen LogP contribution < -0.4 is 10.2 Å². The second-order valence-corrected chi connectivity index (χ2v) is 9.48. The summed E-state index contributed by atoms with van der Waals surface area (Å²) in [5.41, 5.74) is 2.55. The van der Waals surface area contributed by atoms with E-state index in [9.17, 15) is 22.4 Å². The third-order valence-electron chi connectivity index (χ3n) is 7.09. The number of benzene rings is 3. The summed E-state index contributed by atoms with van der Waals surface area (Å²) >= 11 is 0. The van der Waals surface area contributed by atoms with Gasteiger partial charge in [-0.2, -0.15) is 13.2 Å². The van der Waals surface area contributed by atoms with Gasteiger partial charge in [-0.1, -0.05) is 42.5 Å². The van der Waals surface area contributed by atoms with Gasteiger partial charge in [0.1, 0.15) is 5.82 Å². The van der Waals surface area contributed by atoms with Crippen LogP contribution in [0.3, 0.4) is 0 Å². The second kappa shape index (κ2) is 9.93. The molecule has 2 atom stereocenters. The molecule has 1 fully saturated rings. The molecular weight excluding hydrogens is 470 g/mol. The minimum atomic E-state index is -4.44. The Morgan fingerprint density at radius 1 is 0.944 bits per heavy atom. The molecule has 1 saturated heterocycles. The van der Waals surface area contributed by atoms with Crippen LogP contribution in [-0.4, -0.2) is 36.5 Å². The number of anilines is 1. The van der Waals surface area contributed by atoms with Crippen LogP contribution in [0.2, 0.25) is 0 Å². The Labute approximate surface area is 207 Å². The molecule has 0 unspecified atom stereocenters. The molecule has 3 aromatic carbocycles. The molecule has 2 heterocycles. The Balaban J connectivity index is 1.40. The molecule has 8 heteroatoms. The van der Waals surface area contributed by atoms with Crippen molar-refractivity contribution in [1.29, 1.82) is 0 Å². The SMILES string of the molecule is O=C(NCc1ccccc1)[C@H]1Cc2cc(C(F)(F)F)ccc2N2CCN(Cc3ccc(F)cc3)C[C@@H]12. The third kappa shape index (κ3) is 5.23. The number of rotatable bonds is 5. The average Bonchev–Trinajstić information content (AvgIpc) is 2.88. The standard InChI is InChI=1S/C28H27F4N3O/c29-23-9-6-20(7-10-23)17-34-12-13-35-25-11-8-22(28(30,31)32)14-21(25)15-24(26(35)18-34)27(36)33-16-19-4-2-1-3-5-19/h1-11,14,24,26H,12-13,15-18H2,(H,33,36)/t24-,26-/m0/s1. The minimum absolute atomic E-state index is 0.166. The normalized spacial score (nSPS) is 19.9. The highest BCUT2D eigenvalue weighted by Crippen LogP contribution is 2.40. The molecule has 0 aromatic heterocycles. The van der Waals surface area contributed by atoms with Crippen LogP contribution in [0.4, 0.5) is 23.2 Å². The van der Waals surface area contributed by atoms with Crippen LogP contribution in [0.5, 0.6) is 0 Å². The third-order valence-corrected chi connectivity index (χ3v) is 7.09. The van der Waals surface area contributed by atoms with Crippen molar-refractivity contribution in [1.82, 2.24) is 10.2 Å². The fourth-order valence-corrected chi connectivity index (χ4v) is 5.27. The number of alkyl halides is 3. The second-order valence-electron chi connectivity index (χ2n) is 9.48. The molecule has 0 bridgehead atoms. The molecule has 0 aliphatic carbocycles. The number of nitrogens with one attached hydrogen (secondary N) is 1. The smallest absolute Gasteiger partial charge is 0.365 e. The van der Waals surface area contributed by atoms with Crippen LogP contribution in [0.1, 0.15) is 22.3 Å².